The largest absolute Gasteiger partial charge is 0.320 e. The van der Waals surface area contributed by atoms with E-state index in [1.54, 1.807) is 0 Å². The molecule has 0 radical (unpaired) electrons. The van der Waals surface area contributed by atoms with E-state index in [2.05, 4.69) is 10.0 Å². The van der Waals surface area contributed by atoms with E-state index in [1.165, 1.54) is 5.56 Å². The van der Waals surface area contributed by atoms with Gasteiger partial charge in [-0.1, -0.05) is 29.8 Å². The van der Waals surface area contributed by atoms with E-state index in [9.17, 15) is 8.42 Å². The van der Waals surface area contributed by atoms with Gasteiger partial charge >= 0.3 is 0 Å². The van der Waals surface area contributed by atoms with Gasteiger partial charge in [-0.3, -0.25) is 0 Å². The average molecular weight is 256 g/mol. The molecule has 17 heavy (non-hydrogen) atoms. The maximum Gasteiger partial charge on any atom is 0.211 e. The second-order valence-corrected chi connectivity index (χ2v) is 6.01. The molecule has 0 amide bonds. The highest BCUT2D eigenvalue weighted by Gasteiger charge is 2.08. The summed E-state index contributed by atoms with van der Waals surface area (Å²) in [5, 5.41) is 2.93. The van der Waals surface area contributed by atoms with E-state index in [0.717, 1.165) is 5.56 Å². The zero-order valence-corrected chi connectivity index (χ0v) is 11.2. The zero-order chi connectivity index (χ0) is 12.7. The zero-order valence-electron chi connectivity index (χ0n) is 10.4. The fourth-order valence-corrected chi connectivity index (χ4v) is 2.47. The highest BCUT2D eigenvalue weighted by molar-refractivity contribution is 7.89. The quantitative estimate of drug-likeness (QED) is 0.716. The molecule has 2 N–H and O–H groups in total. The predicted octanol–water partition coefficient (Wildman–Crippen LogP) is 1.02. The minimum absolute atomic E-state index is 0.166. The Morgan fingerprint density at radius 1 is 1.18 bits per heavy atom. The van der Waals surface area contributed by atoms with Crippen LogP contribution in [-0.4, -0.2) is 27.8 Å². The lowest BCUT2D eigenvalue weighted by molar-refractivity contribution is 0.577. The molecular weight excluding hydrogens is 236 g/mol. The molecule has 1 aromatic rings. The van der Waals surface area contributed by atoms with Gasteiger partial charge in [-0.05, 0) is 32.5 Å². The number of hydrogen-bond acceptors (Lipinski definition) is 3. The van der Waals surface area contributed by atoms with E-state index in [4.69, 9.17) is 0 Å². The van der Waals surface area contributed by atoms with Crippen molar-refractivity contribution in [2.75, 3.05) is 19.3 Å². The van der Waals surface area contributed by atoms with Gasteiger partial charge in [0.05, 0.1) is 5.75 Å². The summed E-state index contributed by atoms with van der Waals surface area (Å²) in [5.41, 5.74) is 2.15. The van der Waals surface area contributed by atoms with E-state index < -0.39 is 10.0 Å². The van der Waals surface area contributed by atoms with Crippen LogP contribution in [0.5, 0.6) is 0 Å². The maximum atomic E-state index is 11.6. The summed E-state index contributed by atoms with van der Waals surface area (Å²) in [4.78, 5) is 0. The lowest BCUT2D eigenvalue weighted by Gasteiger charge is -2.06. The lowest BCUT2D eigenvalue weighted by atomic mass is 10.2. The molecule has 5 heteroatoms. The normalized spacial score (nSPS) is 11.6. The Balaban J connectivity index is 2.41. The van der Waals surface area contributed by atoms with E-state index >= 15 is 0 Å². The molecule has 0 aliphatic carbocycles. The molecule has 0 aliphatic rings. The standard InChI is InChI=1S/C12H20N2O2S/c1-11-4-6-12(7-5-11)10-14-17(15,16)9-3-8-13-2/h4-7,13-14H,3,8-10H2,1-2H3. The van der Waals surface area contributed by atoms with Crippen LogP contribution >= 0.6 is 0 Å². The second kappa shape index (κ2) is 6.74. The third kappa shape index (κ3) is 5.81. The number of hydrogen-bond donors (Lipinski definition) is 2. The van der Waals surface area contributed by atoms with Gasteiger partial charge in [0.2, 0.25) is 10.0 Å². The molecular formula is C12H20N2O2S. The van der Waals surface area contributed by atoms with Gasteiger partial charge in [0.1, 0.15) is 0 Å². The number of rotatable bonds is 7. The van der Waals surface area contributed by atoms with E-state index in [0.29, 0.717) is 19.5 Å². The first-order valence-electron chi connectivity index (χ1n) is 5.71. The first-order valence-corrected chi connectivity index (χ1v) is 7.36. The van der Waals surface area contributed by atoms with Crippen molar-refractivity contribution in [3.63, 3.8) is 0 Å². The number of benzene rings is 1. The molecule has 0 spiro atoms. The highest BCUT2D eigenvalue weighted by atomic mass is 32.2. The molecule has 1 aromatic carbocycles. The van der Waals surface area contributed by atoms with Crippen molar-refractivity contribution in [1.29, 1.82) is 0 Å². The van der Waals surface area contributed by atoms with Crippen molar-refractivity contribution in [2.24, 2.45) is 0 Å². The topological polar surface area (TPSA) is 58.2 Å². The molecule has 0 saturated heterocycles. The van der Waals surface area contributed by atoms with Gasteiger partial charge in [0, 0.05) is 6.54 Å². The first kappa shape index (κ1) is 14.2. The Morgan fingerprint density at radius 3 is 2.41 bits per heavy atom. The van der Waals surface area contributed by atoms with Crippen LogP contribution in [0.25, 0.3) is 0 Å². The molecule has 0 aromatic heterocycles. The Morgan fingerprint density at radius 2 is 1.82 bits per heavy atom. The van der Waals surface area contributed by atoms with Crippen molar-refractivity contribution in [3.05, 3.63) is 35.4 Å². The summed E-state index contributed by atoms with van der Waals surface area (Å²) in [7, 11) is -1.34. The van der Waals surface area contributed by atoms with Crippen LogP contribution in [0.4, 0.5) is 0 Å². The molecule has 1 rings (SSSR count). The van der Waals surface area contributed by atoms with E-state index in [-0.39, 0.29) is 5.75 Å². The summed E-state index contributed by atoms with van der Waals surface area (Å²) < 4.78 is 25.8. The average Bonchev–Trinajstić information content (AvgIpc) is 2.29. The van der Waals surface area contributed by atoms with Crippen molar-refractivity contribution in [3.8, 4) is 0 Å². The first-order chi connectivity index (χ1) is 8.03. The van der Waals surface area contributed by atoms with Crippen molar-refractivity contribution < 1.29 is 8.42 Å². The predicted molar refractivity (Wildman–Crippen MR) is 70.3 cm³/mol. The number of nitrogens with one attached hydrogen (secondary N) is 2. The minimum Gasteiger partial charge on any atom is -0.320 e. The van der Waals surface area contributed by atoms with Gasteiger partial charge in [-0.15, -0.1) is 0 Å². The van der Waals surface area contributed by atoms with Crippen LogP contribution in [0, 0.1) is 6.92 Å². The van der Waals surface area contributed by atoms with Crippen molar-refractivity contribution in [1.82, 2.24) is 10.0 Å². The Hall–Kier alpha value is -0.910. The van der Waals surface area contributed by atoms with E-state index in [1.807, 2.05) is 38.2 Å². The van der Waals surface area contributed by atoms with Crippen LogP contribution in [-0.2, 0) is 16.6 Å². The minimum atomic E-state index is -3.15. The monoisotopic (exact) mass is 256 g/mol. The smallest absolute Gasteiger partial charge is 0.211 e. The van der Waals surface area contributed by atoms with Gasteiger partial charge in [-0.25, -0.2) is 13.1 Å². The molecule has 0 saturated carbocycles. The lowest BCUT2D eigenvalue weighted by Crippen LogP contribution is -2.27. The number of aryl methyl sites for hydroxylation is 1. The molecule has 4 nitrogen and oxygen atoms in total. The fourth-order valence-electron chi connectivity index (χ4n) is 1.41. The Bertz CT molecular complexity index is 426. The summed E-state index contributed by atoms with van der Waals surface area (Å²) in [6, 6.07) is 7.83. The Labute approximate surface area is 103 Å². The van der Waals surface area contributed by atoms with Crippen LogP contribution < -0.4 is 10.0 Å². The molecule has 0 unspecified atom stereocenters. The second-order valence-electron chi connectivity index (χ2n) is 4.08. The SMILES string of the molecule is CNCCCS(=O)(=O)NCc1ccc(C)cc1. The van der Waals surface area contributed by atoms with Crippen LogP contribution in [0.15, 0.2) is 24.3 Å². The van der Waals surface area contributed by atoms with Crippen LogP contribution in [0.1, 0.15) is 17.5 Å². The van der Waals surface area contributed by atoms with Gasteiger partial charge in [0.25, 0.3) is 0 Å². The fraction of sp³-hybridized carbons (Fsp3) is 0.500. The van der Waals surface area contributed by atoms with Gasteiger partial charge in [0.15, 0.2) is 0 Å². The molecule has 0 bridgehead atoms. The summed E-state index contributed by atoms with van der Waals surface area (Å²) in [6.07, 6.45) is 0.625. The molecule has 0 heterocycles. The summed E-state index contributed by atoms with van der Waals surface area (Å²) in [5.74, 6) is 0.166. The van der Waals surface area contributed by atoms with Gasteiger partial charge < -0.3 is 5.32 Å². The highest BCUT2D eigenvalue weighted by Crippen LogP contribution is 2.03. The number of sulfonamides is 1. The summed E-state index contributed by atoms with van der Waals surface area (Å²) in [6.45, 7) is 3.08. The van der Waals surface area contributed by atoms with Gasteiger partial charge in [-0.2, -0.15) is 0 Å². The van der Waals surface area contributed by atoms with Crippen LogP contribution in [0.3, 0.4) is 0 Å². The van der Waals surface area contributed by atoms with Crippen molar-refractivity contribution >= 4 is 10.0 Å². The maximum absolute atomic E-state index is 11.6. The molecule has 0 aliphatic heterocycles. The third-order valence-corrected chi connectivity index (χ3v) is 3.87. The van der Waals surface area contributed by atoms with Crippen LogP contribution in [0.2, 0.25) is 0 Å². The third-order valence-electron chi connectivity index (χ3n) is 2.46. The summed E-state index contributed by atoms with van der Waals surface area (Å²) >= 11 is 0. The molecule has 0 atom stereocenters. The van der Waals surface area contributed by atoms with Crippen molar-refractivity contribution in [2.45, 2.75) is 19.9 Å². The molecule has 0 fully saturated rings. The molecule has 96 valence electrons. The Kier molecular flexibility index (Phi) is 5.61.